The van der Waals surface area contributed by atoms with Crippen LogP contribution in [0, 0.1) is 0 Å². The molecule has 0 N–H and O–H groups in total. The molecule has 0 aliphatic carbocycles. The van der Waals surface area contributed by atoms with E-state index in [9.17, 15) is 9.59 Å². The summed E-state index contributed by atoms with van der Waals surface area (Å²) in [5.74, 6) is 0. The van der Waals surface area contributed by atoms with Gasteiger partial charge < -0.3 is 0 Å². The van der Waals surface area contributed by atoms with E-state index in [4.69, 9.17) is 0 Å². The average Bonchev–Trinajstić information content (AvgIpc) is 2.40. The Balaban J connectivity index is 2.60. The molecule has 0 spiro atoms. The second kappa shape index (κ2) is 5.52. The van der Waals surface area contributed by atoms with Crippen molar-refractivity contribution in [1.82, 2.24) is 9.13 Å². The maximum atomic E-state index is 12.2. The number of hydrogen-bond donors (Lipinski definition) is 0. The molecule has 0 aliphatic rings. The van der Waals surface area contributed by atoms with E-state index in [0.717, 1.165) is 18.2 Å². The minimum absolute atomic E-state index is 0.191. The summed E-state index contributed by atoms with van der Waals surface area (Å²) in [5, 5.41) is 1.48. The number of aromatic nitrogens is 2. The highest BCUT2D eigenvalue weighted by atomic mass is 79.9. The Hall–Kier alpha value is -1.36. The summed E-state index contributed by atoms with van der Waals surface area (Å²) >= 11 is 3.34. The van der Waals surface area contributed by atoms with Gasteiger partial charge in [0.1, 0.15) is 0 Å². The van der Waals surface area contributed by atoms with Gasteiger partial charge in [0.15, 0.2) is 0 Å². The van der Waals surface area contributed by atoms with Gasteiger partial charge in [-0.2, -0.15) is 0 Å². The molecule has 5 heteroatoms. The molecule has 0 atom stereocenters. The zero-order valence-corrected chi connectivity index (χ0v) is 11.8. The van der Waals surface area contributed by atoms with Crippen LogP contribution in [0.1, 0.15) is 12.8 Å². The van der Waals surface area contributed by atoms with Crippen molar-refractivity contribution >= 4 is 26.8 Å². The van der Waals surface area contributed by atoms with Crippen LogP contribution in [0.2, 0.25) is 0 Å². The fourth-order valence-electron chi connectivity index (χ4n) is 2.02. The quantitative estimate of drug-likeness (QED) is 0.639. The fourth-order valence-corrected chi connectivity index (χ4v) is 2.42. The maximum Gasteiger partial charge on any atom is 0.331 e. The molecule has 0 bridgehead atoms. The Morgan fingerprint density at radius 1 is 1.17 bits per heavy atom. The molecule has 18 heavy (non-hydrogen) atoms. The summed E-state index contributed by atoms with van der Waals surface area (Å²) in [6.07, 6.45) is 1.77. The highest BCUT2D eigenvalue weighted by molar-refractivity contribution is 9.09. The average molecular weight is 311 g/mol. The van der Waals surface area contributed by atoms with Gasteiger partial charge in [0.25, 0.3) is 5.56 Å². The van der Waals surface area contributed by atoms with Gasteiger partial charge >= 0.3 is 5.69 Å². The lowest BCUT2D eigenvalue weighted by molar-refractivity contribution is 0.570. The topological polar surface area (TPSA) is 44.0 Å². The summed E-state index contributed by atoms with van der Waals surface area (Å²) in [6.45, 7) is 0.474. The SMILES string of the molecule is Cn1c(=O)n(CCCCBr)c(=O)c2ccccc21. The molecule has 96 valence electrons. The smallest absolute Gasteiger partial charge is 0.296 e. The molecule has 0 saturated heterocycles. The Bertz CT molecular complexity index is 673. The van der Waals surface area contributed by atoms with Crippen molar-refractivity contribution in [3.63, 3.8) is 0 Å². The molecule has 0 saturated carbocycles. The maximum absolute atomic E-state index is 12.2. The standard InChI is InChI=1S/C13H15BrN2O2/c1-15-11-7-3-2-6-10(11)12(17)16(13(15)18)9-5-4-8-14/h2-3,6-7H,4-5,8-9H2,1H3. The number of benzene rings is 1. The number of unbranched alkanes of at least 4 members (excludes halogenated alkanes) is 1. The van der Waals surface area contributed by atoms with Gasteiger partial charge in [0.05, 0.1) is 10.9 Å². The van der Waals surface area contributed by atoms with E-state index >= 15 is 0 Å². The van der Waals surface area contributed by atoms with E-state index in [2.05, 4.69) is 15.9 Å². The molecular weight excluding hydrogens is 296 g/mol. The normalized spacial score (nSPS) is 11.0. The van der Waals surface area contributed by atoms with Crippen LogP contribution < -0.4 is 11.2 Å². The van der Waals surface area contributed by atoms with Gasteiger partial charge in [-0.05, 0) is 25.0 Å². The van der Waals surface area contributed by atoms with Crippen molar-refractivity contribution in [3.8, 4) is 0 Å². The van der Waals surface area contributed by atoms with E-state index in [-0.39, 0.29) is 11.2 Å². The largest absolute Gasteiger partial charge is 0.331 e. The Kier molecular flexibility index (Phi) is 4.01. The van der Waals surface area contributed by atoms with Crippen molar-refractivity contribution in [2.24, 2.45) is 7.05 Å². The van der Waals surface area contributed by atoms with Crippen LogP contribution in [-0.4, -0.2) is 14.5 Å². The Labute approximate surface area is 113 Å². The molecule has 2 rings (SSSR count). The number of aryl methyl sites for hydroxylation is 1. The van der Waals surface area contributed by atoms with E-state index in [1.165, 1.54) is 9.13 Å². The number of nitrogens with zero attached hydrogens (tertiary/aromatic N) is 2. The van der Waals surface area contributed by atoms with Gasteiger partial charge in [-0.15, -0.1) is 0 Å². The predicted octanol–water partition coefficient (Wildman–Crippen LogP) is 1.88. The minimum atomic E-state index is -0.242. The second-order valence-electron chi connectivity index (χ2n) is 4.21. The summed E-state index contributed by atoms with van der Waals surface area (Å²) in [6, 6.07) is 7.20. The third kappa shape index (κ3) is 2.27. The zero-order chi connectivity index (χ0) is 13.1. The lowest BCUT2D eigenvalue weighted by Crippen LogP contribution is -2.39. The van der Waals surface area contributed by atoms with Crippen molar-refractivity contribution in [2.45, 2.75) is 19.4 Å². The van der Waals surface area contributed by atoms with Gasteiger partial charge in [-0.25, -0.2) is 4.79 Å². The van der Waals surface area contributed by atoms with Crippen molar-refractivity contribution in [2.75, 3.05) is 5.33 Å². The fraction of sp³-hybridized carbons (Fsp3) is 0.385. The first-order chi connectivity index (χ1) is 8.66. The monoisotopic (exact) mass is 310 g/mol. The number of halogens is 1. The third-order valence-corrected chi connectivity index (χ3v) is 3.58. The Morgan fingerprint density at radius 2 is 1.89 bits per heavy atom. The predicted molar refractivity (Wildman–Crippen MR) is 76.5 cm³/mol. The molecule has 0 aliphatic heterocycles. The highest BCUT2D eigenvalue weighted by Crippen LogP contribution is 2.06. The van der Waals surface area contributed by atoms with E-state index in [1.54, 1.807) is 19.2 Å². The lowest BCUT2D eigenvalue weighted by Gasteiger charge is -2.10. The zero-order valence-electron chi connectivity index (χ0n) is 10.2. The van der Waals surface area contributed by atoms with Gasteiger partial charge in [-0.3, -0.25) is 13.9 Å². The number of rotatable bonds is 4. The number of alkyl halides is 1. The number of fused-ring (bicyclic) bond motifs is 1. The van der Waals surface area contributed by atoms with Crippen LogP contribution in [-0.2, 0) is 13.6 Å². The lowest BCUT2D eigenvalue weighted by atomic mass is 10.2. The molecule has 2 aromatic rings. The van der Waals surface area contributed by atoms with Crippen LogP contribution in [0.15, 0.2) is 33.9 Å². The molecule has 1 aromatic carbocycles. The van der Waals surface area contributed by atoms with Crippen molar-refractivity contribution in [1.29, 1.82) is 0 Å². The molecule has 1 aromatic heterocycles. The summed E-state index contributed by atoms with van der Waals surface area (Å²) in [5.41, 5.74) is 0.251. The first kappa shape index (κ1) is 13.1. The van der Waals surface area contributed by atoms with Gasteiger partial charge in [0.2, 0.25) is 0 Å². The van der Waals surface area contributed by atoms with Crippen LogP contribution >= 0.6 is 15.9 Å². The van der Waals surface area contributed by atoms with Crippen LogP contribution in [0.5, 0.6) is 0 Å². The third-order valence-electron chi connectivity index (χ3n) is 3.02. The molecule has 4 nitrogen and oxygen atoms in total. The van der Waals surface area contributed by atoms with Gasteiger partial charge in [-0.1, -0.05) is 28.1 Å². The van der Waals surface area contributed by atoms with Crippen LogP contribution in [0.3, 0.4) is 0 Å². The molecule has 0 amide bonds. The molecule has 0 fully saturated rings. The first-order valence-electron chi connectivity index (χ1n) is 5.91. The van der Waals surface area contributed by atoms with Crippen molar-refractivity contribution < 1.29 is 0 Å². The summed E-state index contributed by atoms with van der Waals surface area (Å²) < 4.78 is 2.86. The molecule has 0 unspecified atom stereocenters. The van der Waals surface area contributed by atoms with Crippen molar-refractivity contribution in [3.05, 3.63) is 45.1 Å². The minimum Gasteiger partial charge on any atom is -0.296 e. The van der Waals surface area contributed by atoms with E-state index in [0.29, 0.717) is 17.4 Å². The first-order valence-corrected chi connectivity index (χ1v) is 7.03. The second-order valence-corrected chi connectivity index (χ2v) is 5.00. The van der Waals surface area contributed by atoms with Crippen LogP contribution in [0.25, 0.3) is 10.9 Å². The highest BCUT2D eigenvalue weighted by Gasteiger charge is 2.09. The van der Waals surface area contributed by atoms with Crippen LogP contribution in [0.4, 0.5) is 0 Å². The van der Waals surface area contributed by atoms with E-state index < -0.39 is 0 Å². The molecule has 1 heterocycles. The molecule has 0 radical (unpaired) electrons. The number of hydrogen-bond acceptors (Lipinski definition) is 2. The number of para-hydroxylation sites is 1. The molecular formula is C13H15BrN2O2. The summed E-state index contributed by atoms with van der Waals surface area (Å²) in [7, 11) is 1.70. The van der Waals surface area contributed by atoms with E-state index in [1.807, 2.05) is 12.1 Å². The summed E-state index contributed by atoms with van der Waals surface area (Å²) in [4.78, 5) is 24.3. The van der Waals surface area contributed by atoms with Gasteiger partial charge in [0, 0.05) is 18.9 Å². The Morgan fingerprint density at radius 3 is 2.61 bits per heavy atom.